The molecule has 1 aliphatic heterocycles. The van der Waals surface area contributed by atoms with Gasteiger partial charge in [0, 0.05) is 23.0 Å². The third kappa shape index (κ3) is 2.83. The molecule has 2 N–H and O–H groups in total. The van der Waals surface area contributed by atoms with Crippen LogP contribution in [0.2, 0.25) is 5.02 Å². The predicted molar refractivity (Wildman–Crippen MR) is 76.4 cm³/mol. The summed E-state index contributed by atoms with van der Waals surface area (Å²) >= 11 is 7.46. The Hall–Kier alpha value is -1.30. The van der Waals surface area contributed by atoms with Crippen LogP contribution in [0.15, 0.2) is 34.0 Å². The maximum Gasteiger partial charge on any atom is 0.255 e. The Kier molecular flexibility index (Phi) is 3.59. The number of fused-ring (bicyclic) bond motifs is 1. The minimum Gasteiger partial charge on any atom is -0.310 e. The van der Waals surface area contributed by atoms with Gasteiger partial charge in [-0.05, 0) is 24.3 Å². The van der Waals surface area contributed by atoms with Gasteiger partial charge in [-0.25, -0.2) is 4.98 Å². The molecule has 2 heterocycles. The number of H-pyrrole nitrogens is 1. The van der Waals surface area contributed by atoms with Crippen molar-refractivity contribution in [1.82, 2.24) is 15.3 Å². The van der Waals surface area contributed by atoms with Crippen molar-refractivity contribution in [2.45, 2.75) is 23.7 Å². The third-order valence-corrected chi connectivity index (χ3v) is 4.21. The SMILES string of the molecule is O=c1[nH]c(CSc2ccc(Cl)cc2)nc2c1CNC2. The van der Waals surface area contributed by atoms with Crippen molar-refractivity contribution in [3.8, 4) is 0 Å². The number of aromatic nitrogens is 2. The molecule has 19 heavy (non-hydrogen) atoms. The molecule has 0 saturated carbocycles. The van der Waals surface area contributed by atoms with Gasteiger partial charge in [0.15, 0.2) is 0 Å². The molecule has 0 unspecified atom stereocenters. The molecule has 0 fully saturated rings. The van der Waals surface area contributed by atoms with Crippen LogP contribution in [0, 0.1) is 0 Å². The number of hydrogen-bond donors (Lipinski definition) is 2. The van der Waals surface area contributed by atoms with Crippen LogP contribution in [0.4, 0.5) is 0 Å². The van der Waals surface area contributed by atoms with E-state index in [9.17, 15) is 4.79 Å². The second kappa shape index (κ2) is 5.36. The van der Waals surface area contributed by atoms with E-state index in [1.54, 1.807) is 11.8 Å². The second-order valence-corrected chi connectivity index (χ2v) is 5.77. The fourth-order valence-electron chi connectivity index (χ4n) is 1.98. The summed E-state index contributed by atoms with van der Waals surface area (Å²) in [4.78, 5) is 20.2. The Morgan fingerprint density at radius 3 is 2.84 bits per heavy atom. The average molecular weight is 294 g/mol. The van der Waals surface area contributed by atoms with Crippen LogP contribution >= 0.6 is 23.4 Å². The highest BCUT2D eigenvalue weighted by molar-refractivity contribution is 7.98. The quantitative estimate of drug-likeness (QED) is 0.853. The smallest absolute Gasteiger partial charge is 0.255 e. The van der Waals surface area contributed by atoms with E-state index in [2.05, 4.69) is 15.3 Å². The lowest BCUT2D eigenvalue weighted by Gasteiger charge is -2.04. The molecule has 0 radical (unpaired) electrons. The van der Waals surface area contributed by atoms with Crippen molar-refractivity contribution in [3.63, 3.8) is 0 Å². The maximum atomic E-state index is 11.8. The van der Waals surface area contributed by atoms with Crippen LogP contribution in [-0.2, 0) is 18.8 Å². The fraction of sp³-hybridized carbons (Fsp3) is 0.231. The summed E-state index contributed by atoms with van der Waals surface area (Å²) in [6.07, 6.45) is 0. The van der Waals surface area contributed by atoms with E-state index in [1.165, 1.54) is 0 Å². The molecule has 0 atom stereocenters. The summed E-state index contributed by atoms with van der Waals surface area (Å²) in [6.45, 7) is 1.29. The van der Waals surface area contributed by atoms with Crippen molar-refractivity contribution < 1.29 is 0 Å². The Morgan fingerprint density at radius 1 is 1.26 bits per heavy atom. The summed E-state index contributed by atoms with van der Waals surface area (Å²) in [5, 5.41) is 3.85. The number of benzene rings is 1. The zero-order valence-corrected chi connectivity index (χ0v) is 11.6. The zero-order valence-electron chi connectivity index (χ0n) is 10.1. The van der Waals surface area contributed by atoms with E-state index in [-0.39, 0.29) is 5.56 Å². The first-order valence-electron chi connectivity index (χ1n) is 5.92. The van der Waals surface area contributed by atoms with E-state index in [0.29, 0.717) is 24.7 Å². The Labute approximate surface area is 119 Å². The molecule has 6 heteroatoms. The molecule has 0 bridgehead atoms. The zero-order chi connectivity index (χ0) is 13.2. The summed E-state index contributed by atoms with van der Waals surface area (Å²) in [7, 11) is 0. The van der Waals surface area contributed by atoms with E-state index >= 15 is 0 Å². The lowest BCUT2D eigenvalue weighted by molar-refractivity contribution is 0.756. The molecule has 0 amide bonds. The number of rotatable bonds is 3. The van der Waals surface area contributed by atoms with Gasteiger partial charge in [0.25, 0.3) is 5.56 Å². The first-order chi connectivity index (χ1) is 9.22. The number of hydrogen-bond acceptors (Lipinski definition) is 4. The molecular formula is C13H12ClN3OS. The van der Waals surface area contributed by atoms with Gasteiger partial charge < -0.3 is 10.3 Å². The van der Waals surface area contributed by atoms with Crippen LogP contribution < -0.4 is 10.9 Å². The molecule has 0 spiro atoms. The molecule has 0 saturated heterocycles. The minimum absolute atomic E-state index is 0.0262. The Bertz CT molecular complexity index is 654. The highest BCUT2D eigenvalue weighted by atomic mass is 35.5. The van der Waals surface area contributed by atoms with Crippen LogP contribution in [0.1, 0.15) is 17.1 Å². The van der Waals surface area contributed by atoms with Crippen molar-refractivity contribution in [2.24, 2.45) is 0 Å². The predicted octanol–water partition coefficient (Wildman–Crippen LogP) is 2.32. The highest BCUT2D eigenvalue weighted by Crippen LogP contribution is 2.23. The number of thioether (sulfide) groups is 1. The number of nitrogens with zero attached hydrogens (tertiary/aromatic N) is 1. The van der Waals surface area contributed by atoms with E-state index in [1.807, 2.05) is 24.3 Å². The monoisotopic (exact) mass is 293 g/mol. The maximum absolute atomic E-state index is 11.8. The summed E-state index contributed by atoms with van der Waals surface area (Å²) in [5.41, 5.74) is 1.61. The number of halogens is 1. The van der Waals surface area contributed by atoms with Crippen LogP contribution in [0.25, 0.3) is 0 Å². The molecule has 4 nitrogen and oxygen atoms in total. The molecule has 1 aromatic carbocycles. The highest BCUT2D eigenvalue weighted by Gasteiger charge is 2.16. The van der Waals surface area contributed by atoms with Gasteiger partial charge >= 0.3 is 0 Å². The molecule has 1 aliphatic rings. The summed E-state index contributed by atoms with van der Waals surface area (Å²) in [6, 6.07) is 7.62. The van der Waals surface area contributed by atoms with E-state index in [4.69, 9.17) is 11.6 Å². The topological polar surface area (TPSA) is 57.8 Å². The van der Waals surface area contributed by atoms with Gasteiger partial charge in [0.1, 0.15) is 5.82 Å². The van der Waals surface area contributed by atoms with Gasteiger partial charge in [-0.3, -0.25) is 4.79 Å². The number of nitrogens with one attached hydrogen (secondary N) is 2. The molecule has 0 aliphatic carbocycles. The summed E-state index contributed by atoms with van der Waals surface area (Å²) in [5.74, 6) is 1.36. The van der Waals surface area contributed by atoms with Crippen LogP contribution in [0.5, 0.6) is 0 Å². The first kappa shape index (κ1) is 12.7. The first-order valence-corrected chi connectivity index (χ1v) is 7.29. The molecule has 98 valence electrons. The average Bonchev–Trinajstić information content (AvgIpc) is 2.87. The van der Waals surface area contributed by atoms with Crippen molar-refractivity contribution in [1.29, 1.82) is 0 Å². The molecule has 1 aromatic heterocycles. The van der Waals surface area contributed by atoms with Crippen LogP contribution in [-0.4, -0.2) is 9.97 Å². The van der Waals surface area contributed by atoms with Gasteiger partial charge in [-0.15, -0.1) is 11.8 Å². The van der Waals surface area contributed by atoms with Crippen LogP contribution in [0.3, 0.4) is 0 Å². The number of aromatic amines is 1. The normalized spacial score (nSPS) is 13.5. The standard InChI is InChI=1S/C13H12ClN3OS/c14-8-1-3-9(4-2-8)19-7-12-16-11-6-15-5-10(11)13(18)17-12/h1-4,15H,5-7H2,(H,16,17,18). The van der Waals surface area contributed by atoms with Crippen molar-refractivity contribution in [2.75, 3.05) is 0 Å². The fourth-order valence-corrected chi connectivity index (χ4v) is 2.88. The summed E-state index contributed by atoms with van der Waals surface area (Å²) < 4.78 is 0. The molecule has 3 rings (SSSR count). The van der Waals surface area contributed by atoms with Gasteiger partial charge in [0.05, 0.1) is 17.0 Å². The van der Waals surface area contributed by atoms with Gasteiger partial charge in [0.2, 0.25) is 0 Å². The third-order valence-electron chi connectivity index (χ3n) is 2.93. The van der Waals surface area contributed by atoms with Crippen molar-refractivity contribution in [3.05, 3.63) is 56.7 Å². The Balaban J connectivity index is 1.75. The second-order valence-electron chi connectivity index (χ2n) is 4.28. The lowest BCUT2D eigenvalue weighted by atomic mass is 10.3. The molecular weight excluding hydrogens is 282 g/mol. The van der Waals surface area contributed by atoms with Gasteiger partial charge in [-0.1, -0.05) is 11.6 Å². The minimum atomic E-state index is -0.0262. The lowest BCUT2D eigenvalue weighted by Crippen LogP contribution is -2.17. The van der Waals surface area contributed by atoms with Gasteiger partial charge in [-0.2, -0.15) is 0 Å². The van der Waals surface area contributed by atoms with E-state index in [0.717, 1.165) is 21.2 Å². The molecule has 2 aromatic rings. The van der Waals surface area contributed by atoms with Crippen molar-refractivity contribution >= 4 is 23.4 Å². The largest absolute Gasteiger partial charge is 0.310 e. The Morgan fingerprint density at radius 2 is 2.05 bits per heavy atom. The van der Waals surface area contributed by atoms with E-state index < -0.39 is 0 Å².